The fourth-order valence-corrected chi connectivity index (χ4v) is 3.21. The molecule has 1 aromatic carbocycles. The van der Waals surface area contributed by atoms with Crippen LogP contribution in [0.15, 0.2) is 18.2 Å². The van der Waals surface area contributed by atoms with Gasteiger partial charge in [-0.15, -0.1) is 0 Å². The number of aryl methyl sites for hydroxylation is 1. The standard InChI is InChI=1S/C18H25NO4/c1-3-21-18(20)14-6-8-19(9-7-14)11-15-12-22-17-10-13(2)4-5-16(17)23-15/h4-5,10,14-15H,3,6-9,11-12H2,1-2H3. The van der Waals surface area contributed by atoms with Crippen molar-refractivity contribution >= 4 is 5.97 Å². The number of fused-ring (bicyclic) bond motifs is 1. The fraction of sp³-hybridized carbons (Fsp3) is 0.611. The summed E-state index contributed by atoms with van der Waals surface area (Å²) in [6, 6.07) is 6.02. The van der Waals surface area contributed by atoms with Gasteiger partial charge in [0.15, 0.2) is 11.5 Å². The van der Waals surface area contributed by atoms with Crippen LogP contribution in [0, 0.1) is 12.8 Å². The van der Waals surface area contributed by atoms with Crippen LogP contribution in [0.4, 0.5) is 0 Å². The van der Waals surface area contributed by atoms with Crippen molar-refractivity contribution in [3.8, 4) is 11.5 Å². The Kier molecular flexibility index (Phi) is 5.06. The second-order valence-electron chi connectivity index (χ2n) is 6.33. The highest BCUT2D eigenvalue weighted by molar-refractivity contribution is 5.72. The molecule has 0 N–H and O–H groups in total. The van der Waals surface area contributed by atoms with Crippen LogP contribution in [0.25, 0.3) is 0 Å². The summed E-state index contributed by atoms with van der Waals surface area (Å²) in [5.74, 6) is 1.67. The van der Waals surface area contributed by atoms with E-state index in [2.05, 4.69) is 4.90 Å². The van der Waals surface area contributed by atoms with E-state index in [0.29, 0.717) is 13.2 Å². The van der Waals surface area contributed by atoms with E-state index in [1.165, 1.54) is 5.56 Å². The molecule has 5 nitrogen and oxygen atoms in total. The Morgan fingerprint density at radius 3 is 2.83 bits per heavy atom. The van der Waals surface area contributed by atoms with Crippen LogP contribution in [0.3, 0.4) is 0 Å². The molecule has 5 heteroatoms. The zero-order valence-electron chi connectivity index (χ0n) is 13.9. The molecule has 1 fully saturated rings. The molecule has 0 aromatic heterocycles. The Bertz CT molecular complexity index is 552. The number of nitrogens with zero attached hydrogens (tertiary/aromatic N) is 1. The molecule has 0 saturated carbocycles. The number of ether oxygens (including phenoxy) is 3. The van der Waals surface area contributed by atoms with Crippen molar-refractivity contribution in [3.63, 3.8) is 0 Å². The number of rotatable bonds is 4. The molecule has 2 aliphatic rings. The summed E-state index contributed by atoms with van der Waals surface area (Å²) in [6.45, 7) is 7.59. The maximum absolute atomic E-state index is 11.8. The highest BCUT2D eigenvalue weighted by atomic mass is 16.6. The third-order valence-corrected chi connectivity index (χ3v) is 4.49. The Hall–Kier alpha value is -1.75. The monoisotopic (exact) mass is 319 g/mol. The molecule has 0 spiro atoms. The number of likely N-dealkylation sites (tertiary alicyclic amines) is 1. The number of carbonyl (C=O) groups excluding carboxylic acids is 1. The van der Waals surface area contributed by atoms with Crippen molar-refractivity contribution in [3.05, 3.63) is 23.8 Å². The molecule has 23 heavy (non-hydrogen) atoms. The second-order valence-corrected chi connectivity index (χ2v) is 6.33. The minimum absolute atomic E-state index is 0.0457. The van der Waals surface area contributed by atoms with E-state index in [9.17, 15) is 4.79 Å². The number of benzene rings is 1. The van der Waals surface area contributed by atoms with E-state index in [1.807, 2.05) is 32.0 Å². The molecular weight excluding hydrogens is 294 g/mol. The van der Waals surface area contributed by atoms with Crippen LogP contribution < -0.4 is 9.47 Å². The van der Waals surface area contributed by atoms with Crippen LogP contribution in [0.1, 0.15) is 25.3 Å². The van der Waals surface area contributed by atoms with Crippen molar-refractivity contribution in [1.82, 2.24) is 4.90 Å². The van der Waals surface area contributed by atoms with Crippen molar-refractivity contribution < 1.29 is 19.0 Å². The summed E-state index contributed by atoms with van der Waals surface area (Å²) in [7, 11) is 0. The first-order valence-electron chi connectivity index (χ1n) is 8.45. The van der Waals surface area contributed by atoms with E-state index in [4.69, 9.17) is 14.2 Å². The predicted octanol–water partition coefficient (Wildman–Crippen LogP) is 2.41. The van der Waals surface area contributed by atoms with Gasteiger partial charge in [0.25, 0.3) is 0 Å². The van der Waals surface area contributed by atoms with E-state index >= 15 is 0 Å². The third-order valence-electron chi connectivity index (χ3n) is 4.49. The van der Waals surface area contributed by atoms with Crippen molar-refractivity contribution in [2.45, 2.75) is 32.8 Å². The summed E-state index contributed by atoms with van der Waals surface area (Å²) in [5.41, 5.74) is 1.17. The van der Waals surface area contributed by atoms with Crippen LogP contribution in [-0.4, -0.2) is 49.8 Å². The summed E-state index contributed by atoms with van der Waals surface area (Å²) < 4.78 is 17.0. The smallest absolute Gasteiger partial charge is 0.309 e. The zero-order valence-corrected chi connectivity index (χ0v) is 13.9. The van der Waals surface area contributed by atoms with Crippen LogP contribution in [-0.2, 0) is 9.53 Å². The van der Waals surface area contributed by atoms with Crippen LogP contribution in [0.5, 0.6) is 11.5 Å². The second kappa shape index (κ2) is 7.21. The minimum Gasteiger partial charge on any atom is -0.486 e. The van der Waals surface area contributed by atoms with Crippen molar-refractivity contribution in [1.29, 1.82) is 0 Å². The Morgan fingerprint density at radius 1 is 1.30 bits per heavy atom. The van der Waals surface area contributed by atoms with E-state index in [1.54, 1.807) is 0 Å². The van der Waals surface area contributed by atoms with E-state index in [0.717, 1.165) is 44.0 Å². The lowest BCUT2D eigenvalue weighted by Gasteiger charge is -2.35. The van der Waals surface area contributed by atoms with Crippen LogP contribution in [0.2, 0.25) is 0 Å². The minimum atomic E-state index is -0.0475. The SMILES string of the molecule is CCOC(=O)C1CCN(CC2COc3cc(C)ccc3O2)CC1. The topological polar surface area (TPSA) is 48.0 Å². The average molecular weight is 319 g/mol. The van der Waals surface area contributed by atoms with Crippen molar-refractivity contribution in [2.75, 3.05) is 32.8 Å². The zero-order chi connectivity index (χ0) is 16.2. The number of hydrogen-bond acceptors (Lipinski definition) is 5. The lowest BCUT2D eigenvalue weighted by atomic mass is 9.97. The van der Waals surface area contributed by atoms with Gasteiger partial charge in [-0.05, 0) is 57.5 Å². The molecule has 1 unspecified atom stereocenters. The van der Waals surface area contributed by atoms with Gasteiger partial charge < -0.3 is 14.2 Å². The van der Waals surface area contributed by atoms with Gasteiger partial charge in [0.1, 0.15) is 12.7 Å². The van der Waals surface area contributed by atoms with Gasteiger partial charge in [-0.25, -0.2) is 0 Å². The summed E-state index contributed by atoms with van der Waals surface area (Å²) in [6.07, 6.45) is 1.77. The van der Waals surface area contributed by atoms with Gasteiger partial charge in [0.05, 0.1) is 12.5 Å². The molecular formula is C18H25NO4. The van der Waals surface area contributed by atoms with Crippen molar-refractivity contribution in [2.24, 2.45) is 5.92 Å². The average Bonchev–Trinajstić information content (AvgIpc) is 2.56. The molecule has 0 aliphatic carbocycles. The summed E-state index contributed by atoms with van der Waals surface area (Å²) in [5, 5.41) is 0. The van der Waals surface area contributed by atoms with Gasteiger partial charge in [-0.2, -0.15) is 0 Å². The molecule has 126 valence electrons. The van der Waals surface area contributed by atoms with Gasteiger partial charge >= 0.3 is 5.97 Å². The lowest BCUT2D eigenvalue weighted by Crippen LogP contribution is -2.45. The molecule has 0 radical (unpaired) electrons. The Morgan fingerprint density at radius 2 is 2.09 bits per heavy atom. The van der Waals surface area contributed by atoms with Crippen LogP contribution >= 0.6 is 0 Å². The molecule has 1 atom stereocenters. The maximum atomic E-state index is 11.8. The largest absolute Gasteiger partial charge is 0.486 e. The lowest BCUT2D eigenvalue weighted by molar-refractivity contribution is -0.149. The number of carbonyl (C=O) groups is 1. The van der Waals surface area contributed by atoms with Gasteiger partial charge in [0, 0.05) is 6.54 Å². The highest BCUT2D eigenvalue weighted by Gasteiger charge is 2.29. The van der Waals surface area contributed by atoms with Gasteiger partial charge in [-0.3, -0.25) is 9.69 Å². The quantitative estimate of drug-likeness (QED) is 0.798. The summed E-state index contributed by atoms with van der Waals surface area (Å²) >= 11 is 0. The van der Waals surface area contributed by atoms with E-state index in [-0.39, 0.29) is 18.0 Å². The molecule has 1 aromatic rings. The molecule has 3 rings (SSSR count). The van der Waals surface area contributed by atoms with Gasteiger partial charge in [0.2, 0.25) is 0 Å². The highest BCUT2D eigenvalue weighted by Crippen LogP contribution is 2.32. The first-order chi connectivity index (χ1) is 11.2. The normalized spacial score (nSPS) is 21.9. The van der Waals surface area contributed by atoms with E-state index < -0.39 is 0 Å². The summed E-state index contributed by atoms with van der Waals surface area (Å²) in [4.78, 5) is 14.1. The first kappa shape index (κ1) is 16.1. The first-order valence-corrected chi connectivity index (χ1v) is 8.45. The number of hydrogen-bond donors (Lipinski definition) is 0. The molecule has 2 aliphatic heterocycles. The van der Waals surface area contributed by atoms with Gasteiger partial charge in [-0.1, -0.05) is 6.07 Å². The fourth-order valence-electron chi connectivity index (χ4n) is 3.21. The Labute approximate surface area is 137 Å². The number of piperidine rings is 1. The molecule has 1 saturated heterocycles. The number of esters is 1. The molecule has 0 amide bonds. The third kappa shape index (κ3) is 3.96. The predicted molar refractivity (Wildman–Crippen MR) is 86.9 cm³/mol. The molecule has 2 heterocycles. The Balaban J connectivity index is 1.48. The molecule has 0 bridgehead atoms. The maximum Gasteiger partial charge on any atom is 0.309 e.